The number of carbonyl (C=O) groups excluding carboxylic acids is 1. The summed E-state index contributed by atoms with van der Waals surface area (Å²) in [6, 6.07) is -2.51. The van der Waals surface area contributed by atoms with E-state index >= 15 is 0 Å². The molecule has 0 fully saturated rings. The molecule has 5 N–H and O–H groups in total. The lowest BCUT2D eigenvalue weighted by Gasteiger charge is -2.20. The number of nitrogens with one attached hydrogen (secondary N) is 3. The number of hydrogen-bond donors (Lipinski definition) is 4. The van der Waals surface area contributed by atoms with E-state index in [-0.39, 0.29) is 22.6 Å². The molecule has 0 aliphatic carbocycles. The summed E-state index contributed by atoms with van der Waals surface area (Å²) in [4.78, 5) is 19.9. The first-order chi connectivity index (χ1) is 14.6. The van der Waals surface area contributed by atoms with E-state index in [4.69, 9.17) is 10.2 Å². The fourth-order valence-electron chi connectivity index (χ4n) is 2.80. The van der Waals surface area contributed by atoms with Crippen LogP contribution in [0.25, 0.3) is 11.0 Å². The largest absolute Gasteiger partial charge is 0.455 e. The maximum Gasteiger partial charge on any atom is 0.416 e. The lowest BCUT2D eigenvalue weighted by Crippen LogP contribution is -2.40. The van der Waals surface area contributed by atoms with Gasteiger partial charge in [0.1, 0.15) is 11.6 Å². The highest BCUT2D eigenvalue weighted by Gasteiger charge is 2.45. The Hall–Kier alpha value is -3.48. The van der Waals surface area contributed by atoms with Gasteiger partial charge in [0.2, 0.25) is 5.95 Å². The average molecular weight is 444 g/mol. The van der Waals surface area contributed by atoms with E-state index < -0.39 is 41.2 Å². The first kappa shape index (κ1) is 22.2. The smallest absolute Gasteiger partial charge is 0.416 e. The second kappa shape index (κ2) is 8.71. The molecular weight excluding hydrogens is 427 g/mol. The third-order valence-corrected chi connectivity index (χ3v) is 4.20. The van der Waals surface area contributed by atoms with Crippen LogP contribution in [0.2, 0.25) is 0 Å². The summed E-state index contributed by atoms with van der Waals surface area (Å²) in [5, 5.41) is 6.52. The van der Waals surface area contributed by atoms with Gasteiger partial charge in [0.25, 0.3) is 0 Å². The first-order valence-corrected chi connectivity index (χ1v) is 8.88. The minimum atomic E-state index is -4.99. The van der Waals surface area contributed by atoms with Gasteiger partial charge in [-0.15, -0.1) is 0 Å². The molecule has 0 bridgehead atoms. The van der Waals surface area contributed by atoms with Crippen molar-refractivity contribution in [3.63, 3.8) is 0 Å². The van der Waals surface area contributed by atoms with Gasteiger partial charge in [-0.05, 0) is 13.0 Å². The number of rotatable bonds is 6. The highest BCUT2D eigenvalue weighted by atomic mass is 19.4. The van der Waals surface area contributed by atoms with Crippen LogP contribution in [0.1, 0.15) is 17.4 Å². The van der Waals surface area contributed by atoms with Crippen LogP contribution in [0, 0.1) is 18.6 Å². The van der Waals surface area contributed by atoms with Crippen LogP contribution in [-0.2, 0) is 0 Å². The highest BCUT2D eigenvalue weighted by molar-refractivity contribution is 5.89. The Balaban J connectivity index is 1.83. The Labute approximate surface area is 172 Å². The van der Waals surface area contributed by atoms with Gasteiger partial charge in [0.05, 0.1) is 18.1 Å². The summed E-state index contributed by atoms with van der Waals surface area (Å²) in [5.74, 6) is -2.68. The zero-order valence-corrected chi connectivity index (χ0v) is 16.0. The molecule has 1 atom stereocenters. The molecule has 0 aliphatic rings. The lowest BCUT2D eigenvalue weighted by atomic mass is 10.1. The van der Waals surface area contributed by atoms with Crippen molar-refractivity contribution in [3.05, 3.63) is 47.5 Å². The fraction of sp³-hybridized carbons (Fsp3) is 0.278. The van der Waals surface area contributed by atoms with Crippen molar-refractivity contribution in [1.29, 1.82) is 0 Å². The molecule has 2 aromatic heterocycles. The van der Waals surface area contributed by atoms with Crippen molar-refractivity contribution in [2.24, 2.45) is 5.73 Å². The molecule has 0 unspecified atom stereocenters. The predicted octanol–water partition coefficient (Wildman–Crippen LogP) is 3.61. The molecule has 0 spiro atoms. The number of carbonyl (C=O) groups is 1. The Bertz CT molecular complexity index is 1080. The average Bonchev–Trinajstić information content (AvgIpc) is 3.01. The minimum Gasteiger partial charge on any atom is -0.455 e. The number of halogens is 5. The summed E-state index contributed by atoms with van der Waals surface area (Å²) < 4.78 is 73.4. The number of nitrogens with two attached hydrogens (primary N) is 1. The molecule has 166 valence electrons. The number of aromatic nitrogens is 2. The zero-order chi connectivity index (χ0) is 22.8. The molecule has 0 radical (unpaired) electrons. The second-order valence-corrected chi connectivity index (χ2v) is 6.44. The van der Waals surface area contributed by atoms with Crippen LogP contribution >= 0.6 is 0 Å². The topological polar surface area (TPSA) is 118 Å². The van der Waals surface area contributed by atoms with Crippen LogP contribution in [0.15, 0.2) is 28.9 Å². The van der Waals surface area contributed by atoms with Crippen LogP contribution in [0.5, 0.6) is 0 Å². The monoisotopic (exact) mass is 444 g/mol. The third-order valence-electron chi connectivity index (χ3n) is 4.20. The van der Waals surface area contributed by atoms with Crippen molar-refractivity contribution in [1.82, 2.24) is 15.3 Å². The molecule has 0 saturated carbocycles. The fourth-order valence-corrected chi connectivity index (χ4v) is 2.80. The Kier molecular flexibility index (Phi) is 6.24. The number of anilines is 2. The molecule has 31 heavy (non-hydrogen) atoms. The van der Waals surface area contributed by atoms with Gasteiger partial charge < -0.3 is 26.1 Å². The van der Waals surface area contributed by atoms with Gasteiger partial charge in [-0.25, -0.2) is 23.5 Å². The summed E-state index contributed by atoms with van der Waals surface area (Å²) in [7, 11) is 0. The number of benzene rings is 1. The SMILES string of the molecule is Cc1c([C@@H](NC(=O)Nc2cnc(NCCN)nc2)C(F)(F)F)oc2c(F)cc(F)cc12. The van der Waals surface area contributed by atoms with E-state index in [1.165, 1.54) is 19.3 Å². The Morgan fingerprint density at radius 3 is 2.52 bits per heavy atom. The molecular formula is C18H17F5N6O2. The number of urea groups is 1. The summed E-state index contributed by atoms with van der Waals surface area (Å²) in [5.41, 5.74) is 4.65. The van der Waals surface area contributed by atoms with Crippen LogP contribution in [0.4, 0.5) is 38.4 Å². The molecule has 0 aliphatic heterocycles. The second-order valence-electron chi connectivity index (χ2n) is 6.44. The summed E-state index contributed by atoms with van der Waals surface area (Å²) >= 11 is 0. The Morgan fingerprint density at radius 1 is 1.23 bits per heavy atom. The van der Waals surface area contributed by atoms with Gasteiger partial charge in [0.15, 0.2) is 17.4 Å². The molecule has 2 heterocycles. The predicted molar refractivity (Wildman–Crippen MR) is 101 cm³/mol. The van der Waals surface area contributed by atoms with E-state index in [0.717, 1.165) is 6.07 Å². The highest BCUT2D eigenvalue weighted by Crippen LogP contribution is 2.39. The number of aryl methyl sites for hydroxylation is 1. The van der Waals surface area contributed by atoms with Crippen molar-refractivity contribution < 1.29 is 31.2 Å². The quantitative estimate of drug-likeness (QED) is 0.432. The number of alkyl halides is 3. The van der Waals surface area contributed by atoms with Gasteiger partial charge in [-0.3, -0.25) is 0 Å². The molecule has 3 rings (SSSR count). The number of nitrogens with zero attached hydrogens (tertiary/aromatic N) is 2. The van der Waals surface area contributed by atoms with E-state index in [0.29, 0.717) is 19.2 Å². The molecule has 1 aromatic carbocycles. The number of amides is 2. The molecule has 2 amide bonds. The number of furan rings is 1. The molecule has 0 saturated heterocycles. The van der Waals surface area contributed by atoms with Crippen LogP contribution in [0.3, 0.4) is 0 Å². The summed E-state index contributed by atoms with van der Waals surface area (Å²) in [6.45, 7) is 1.95. The van der Waals surface area contributed by atoms with Crippen LogP contribution in [-0.4, -0.2) is 35.3 Å². The van der Waals surface area contributed by atoms with Crippen molar-refractivity contribution >= 4 is 28.6 Å². The lowest BCUT2D eigenvalue weighted by molar-refractivity contribution is -0.158. The van der Waals surface area contributed by atoms with Crippen molar-refractivity contribution in [3.8, 4) is 0 Å². The molecule has 8 nitrogen and oxygen atoms in total. The number of fused-ring (bicyclic) bond motifs is 1. The van der Waals surface area contributed by atoms with Gasteiger partial charge in [0, 0.05) is 30.1 Å². The van der Waals surface area contributed by atoms with Crippen molar-refractivity contribution in [2.45, 2.75) is 19.1 Å². The number of hydrogen-bond acceptors (Lipinski definition) is 6. The van der Waals surface area contributed by atoms with Gasteiger partial charge in [-0.2, -0.15) is 13.2 Å². The van der Waals surface area contributed by atoms with Crippen molar-refractivity contribution in [2.75, 3.05) is 23.7 Å². The summed E-state index contributed by atoms with van der Waals surface area (Å²) in [6.07, 6.45) is -2.63. The maximum absolute atomic E-state index is 13.9. The van der Waals surface area contributed by atoms with Crippen LogP contribution < -0.4 is 21.7 Å². The first-order valence-electron chi connectivity index (χ1n) is 8.88. The van der Waals surface area contributed by atoms with E-state index in [9.17, 15) is 26.7 Å². The van der Waals surface area contributed by atoms with Gasteiger partial charge >= 0.3 is 12.2 Å². The molecule has 13 heteroatoms. The van der Waals surface area contributed by atoms with E-state index in [1.54, 1.807) is 5.32 Å². The third kappa shape index (κ3) is 4.99. The zero-order valence-electron chi connectivity index (χ0n) is 16.0. The minimum absolute atomic E-state index is 0.0196. The standard InChI is InChI=1S/C18H17F5N6O2/c1-8-11-4-9(19)5-12(20)14(11)31-13(8)15(18(21,22)23)29-17(30)28-10-6-26-16(27-7-10)25-3-2-24/h4-7,15H,2-3,24H2,1H3,(H,25,26,27)(H2,28,29,30)/t15-/m1/s1. The van der Waals surface area contributed by atoms with E-state index in [1.807, 2.05) is 0 Å². The molecule has 3 aromatic rings. The van der Waals surface area contributed by atoms with E-state index in [2.05, 4.69) is 20.6 Å². The normalized spacial score (nSPS) is 12.6. The maximum atomic E-state index is 13.9. The van der Waals surface area contributed by atoms with Gasteiger partial charge in [-0.1, -0.05) is 0 Å². The Morgan fingerprint density at radius 2 is 1.90 bits per heavy atom.